The van der Waals surface area contributed by atoms with Crippen molar-refractivity contribution in [3.63, 3.8) is 0 Å². The van der Waals surface area contributed by atoms with Crippen LogP contribution in [0.5, 0.6) is 0 Å². The smallest absolute Gasteiger partial charge is 0.290 e. The van der Waals surface area contributed by atoms with Crippen LogP contribution >= 0.6 is 0 Å². The molecule has 0 aliphatic carbocycles. The zero-order valence-corrected chi connectivity index (χ0v) is 21.2. The van der Waals surface area contributed by atoms with Crippen LogP contribution in [0.1, 0.15) is 16.9 Å². The summed E-state index contributed by atoms with van der Waals surface area (Å²) in [7, 11) is 0. The summed E-state index contributed by atoms with van der Waals surface area (Å²) in [5.74, 6) is -1.40. The van der Waals surface area contributed by atoms with Crippen molar-refractivity contribution in [2.45, 2.75) is 6.17 Å². The third-order valence-corrected chi connectivity index (χ3v) is 6.63. The monoisotopic (exact) mass is 540 g/mol. The second kappa shape index (κ2) is 10.6. The van der Waals surface area contributed by atoms with Gasteiger partial charge < -0.3 is 29.4 Å². The van der Waals surface area contributed by atoms with Gasteiger partial charge in [-0.05, 0) is 18.2 Å². The third kappa shape index (κ3) is 4.90. The van der Waals surface area contributed by atoms with E-state index in [-0.39, 0.29) is 11.3 Å². The number of fused-ring (bicyclic) bond motifs is 2. The fourth-order valence-electron chi connectivity index (χ4n) is 4.79. The molecule has 1 saturated heterocycles. The molecule has 10 nitrogen and oxygen atoms in total. The average molecular weight is 541 g/mol. The number of carbonyl (C=O) groups excluding carboxylic acids is 1. The first-order chi connectivity index (χ1) is 19.5. The minimum atomic E-state index is -1.22. The molecule has 0 bridgehead atoms. The quantitative estimate of drug-likeness (QED) is 0.227. The van der Waals surface area contributed by atoms with E-state index in [0.29, 0.717) is 48.8 Å². The van der Waals surface area contributed by atoms with Crippen molar-refractivity contribution in [1.29, 1.82) is 10.8 Å². The number of halogens is 1. The molecule has 1 fully saturated rings. The van der Waals surface area contributed by atoms with Gasteiger partial charge in [0, 0.05) is 35.7 Å². The summed E-state index contributed by atoms with van der Waals surface area (Å²) in [6, 6.07) is 20.3. The number of benzodiazepines with no additional fused rings is 1. The summed E-state index contributed by atoms with van der Waals surface area (Å²) in [6.45, 7) is 2.06. The highest BCUT2D eigenvalue weighted by molar-refractivity contribution is 6.20. The van der Waals surface area contributed by atoms with Crippen molar-refractivity contribution in [2.75, 3.05) is 36.5 Å². The summed E-state index contributed by atoms with van der Waals surface area (Å²) in [5.41, 5.74) is 3.48. The standard InChI is InChI=1S/C29H25FN6O4/c30-18-10-11-20-22(16-18)39-25(24(20)36-12-14-38-15-13-36)26(31)40-29(32)35-27-28(37)33-21-9-5-4-8-19(21)23(34-27)17-6-2-1-3-7-17/h1-11,16,27,31H,12-15H2,(H2,32,35)(H,33,37)/t27-/m1/s1. The first kappa shape index (κ1) is 25.3. The average Bonchev–Trinajstić information content (AvgIpc) is 3.28. The molecule has 2 aliphatic heterocycles. The Balaban J connectivity index is 1.28. The lowest BCUT2D eigenvalue weighted by Gasteiger charge is -2.28. The minimum absolute atomic E-state index is 0.0419. The van der Waals surface area contributed by atoms with Gasteiger partial charge >= 0.3 is 0 Å². The number of hydrogen-bond donors (Lipinski definition) is 4. The zero-order chi connectivity index (χ0) is 27.6. The highest BCUT2D eigenvalue weighted by atomic mass is 19.1. The molecular weight excluding hydrogens is 515 g/mol. The molecule has 4 N–H and O–H groups in total. The van der Waals surface area contributed by atoms with E-state index in [0.717, 1.165) is 11.1 Å². The van der Waals surface area contributed by atoms with Crippen LogP contribution < -0.4 is 15.5 Å². The van der Waals surface area contributed by atoms with E-state index in [4.69, 9.17) is 24.7 Å². The van der Waals surface area contributed by atoms with Crippen LogP contribution in [-0.2, 0) is 14.3 Å². The number of nitrogens with zero attached hydrogens (tertiary/aromatic N) is 2. The summed E-state index contributed by atoms with van der Waals surface area (Å²) in [5, 5.41) is 23.2. The van der Waals surface area contributed by atoms with Gasteiger partial charge in [-0.3, -0.25) is 15.6 Å². The number of benzene rings is 3. The Hall–Kier alpha value is -5.03. The molecule has 2 aliphatic rings. The van der Waals surface area contributed by atoms with Gasteiger partial charge in [0.1, 0.15) is 11.4 Å². The Labute approximate surface area is 228 Å². The highest BCUT2D eigenvalue weighted by Crippen LogP contribution is 2.35. The van der Waals surface area contributed by atoms with E-state index < -0.39 is 29.8 Å². The van der Waals surface area contributed by atoms with Gasteiger partial charge in [-0.15, -0.1) is 0 Å². The minimum Gasteiger partial charge on any atom is -0.449 e. The normalized spacial score (nSPS) is 16.9. The number of rotatable bonds is 4. The summed E-state index contributed by atoms with van der Waals surface area (Å²) >= 11 is 0. The molecule has 0 spiro atoms. The molecular formula is C29H25FN6O4. The number of morpholine rings is 1. The lowest BCUT2D eigenvalue weighted by Crippen LogP contribution is -2.43. The molecule has 202 valence electrons. The van der Waals surface area contributed by atoms with Crippen LogP contribution in [0.25, 0.3) is 11.0 Å². The van der Waals surface area contributed by atoms with Crippen molar-refractivity contribution in [1.82, 2.24) is 5.32 Å². The lowest BCUT2D eigenvalue weighted by atomic mass is 10.0. The highest BCUT2D eigenvalue weighted by Gasteiger charge is 2.29. The fraction of sp³-hybridized carbons (Fsp3) is 0.172. The number of amides is 1. The Morgan fingerprint density at radius 2 is 1.80 bits per heavy atom. The van der Waals surface area contributed by atoms with Crippen molar-refractivity contribution >= 4 is 45.9 Å². The molecule has 1 amide bonds. The molecule has 11 heteroatoms. The number of aliphatic imine (C=N–C) groups is 1. The van der Waals surface area contributed by atoms with E-state index in [2.05, 4.69) is 15.6 Å². The van der Waals surface area contributed by atoms with Crippen LogP contribution in [0.3, 0.4) is 0 Å². The van der Waals surface area contributed by atoms with E-state index in [9.17, 15) is 9.18 Å². The lowest BCUT2D eigenvalue weighted by molar-refractivity contribution is -0.117. The molecule has 1 aromatic heterocycles. The number of anilines is 2. The number of ether oxygens (including phenoxy) is 2. The summed E-state index contributed by atoms with van der Waals surface area (Å²) < 4.78 is 30.7. The SMILES string of the molecule is N=C(N[C@H]1N=C(c2ccccc2)c2ccccc2NC1=O)OC(=N)c1oc2cc(F)ccc2c1N1CCOCC1. The van der Waals surface area contributed by atoms with Crippen LogP contribution in [0.15, 0.2) is 82.2 Å². The van der Waals surface area contributed by atoms with Crippen molar-refractivity contribution < 1.29 is 23.1 Å². The van der Waals surface area contributed by atoms with Crippen LogP contribution in [0, 0.1) is 16.6 Å². The van der Waals surface area contributed by atoms with Crippen molar-refractivity contribution in [2.24, 2.45) is 4.99 Å². The van der Waals surface area contributed by atoms with Gasteiger partial charge in [-0.25, -0.2) is 9.38 Å². The maximum atomic E-state index is 13.9. The molecule has 3 heterocycles. The van der Waals surface area contributed by atoms with Crippen LogP contribution in [0.4, 0.5) is 15.8 Å². The molecule has 6 rings (SSSR count). The number of nitrogens with one attached hydrogen (secondary N) is 4. The second-order valence-electron chi connectivity index (χ2n) is 9.21. The largest absolute Gasteiger partial charge is 0.449 e. The van der Waals surface area contributed by atoms with Gasteiger partial charge in [0.05, 0.1) is 30.3 Å². The predicted molar refractivity (Wildman–Crippen MR) is 149 cm³/mol. The maximum absolute atomic E-state index is 13.9. The number of para-hydroxylation sites is 1. The van der Waals surface area contributed by atoms with Crippen molar-refractivity contribution in [3.8, 4) is 0 Å². The fourth-order valence-corrected chi connectivity index (χ4v) is 4.79. The van der Waals surface area contributed by atoms with E-state index in [1.807, 2.05) is 53.4 Å². The molecule has 4 aromatic rings. The molecule has 0 unspecified atom stereocenters. The Morgan fingerprint density at radius 1 is 1.05 bits per heavy atom. The van der Waals surface area contributed by atoms with E-state index in [1.54, 1.807) is 12.1 Å². The first-order valence-corrected chi connectivity index (χ1v) is 12.7. The van der Waals surface area contributed by atoms with Gasteiger partial charge in [-0.2, -0.15) is 0 Å². The van der Waals surface area contributed by atoms with Crippen LogP contribution in [-0.4, -0.2) is 56.0 Å². The summed E-state index contributed by atoms with van der Waals surface area (Å²) in [6.07, 6.45) is -1.22. The second-order valence-corrected chi connectivity index (χ2v) is 9.21. The maximum Gasteiger partial charge on any atom is 0.290 e. The van der Waals surface area contributed by atoms with Gasteiger partial charge in [0.2, 0.25) is 11.9 Å². The Kier molecular flexibility index (Phi) is 6.71. The van der Waals surface area contributed by atoms with Gasteiger partial charge in [-0.1, -0.05) is 48.5 Å². The van der Waals surface area contributed by atoms with Crippen molar-refractivity contribution in [3.05, 3.63) is 95.5 Å². The predicted octanol–water partition coefficient (Wildman–Crippen LogP) is 4.09. The topological polar surface area (TPSA) is 136 Å². The number of amidine groups is 1. The molecule has 1 atom stereocenters. The zero-order valence-electron chi connectivity index (χ0n) is 21.2. The first-order valence-electron chi connectivity index (χ1n) is 12.7. The molecule has 40 heavy (non-hydrogen) atoms. The van der Waals surface area contributed by atoms with Gasteiger partial charge in [0.15, 0.2) is 0 Å². The number of furan rings is 1. The number of hydrogen-bond acceptors (Lipinski definition) is 8. The van der Waals surface area contributed by atoms with E-state index >= 15 is 0 Å². The van der Waals surface area contributed by atoms with E-state index in [1.165, 1.54) is 12.1 Å². The summed E-state index contributed by atoms with van der Waals surface area (Å²) in [4.78, 5) is 19.7. The Morgan fingerprint density at radius 3 is 2.60 bits per heavy atom. The van der Waals surface area contributed by atoms with Gasteiger partial charge in [0.25, 0.3) is 17.8 Å². The van der Waals surface area contributed by atoms with Crippen LogP contribution in [0.2, 0.25) is 0 Å². The number of carbonyl (C=O) groups is 1. The molecule has 0 radical (unpaired) electrons. The molecule has 3 aromatic carbocycles. The molecule has 0 saturated carbocycles. The Bertz CT molecular complexity index is 1650. The third-order valence-electron chi connectivity index (χ3n) is 6.63.